The van der Waals surface area contributed by atoms with Crippen molar-refractivity contribution in [3.8, 4) is 0 Å². The summed E-state index contributed by atoms with van der Waals surface area (Å²) in [6, 6.07) is 0. The third-order valence-corrected chi connectivity index (χ3v) is 1.77. The summed E-state index contributed by atoms with van der Waals surface area (Å²) in [7, 11) is 0. The van der Waals surface area contributed by atoms with Crippen LogP contribution in [0.1, 0.15) is 39.5 Å². The lowest BCUT2D eigenvalue weighted by atomic mass is 9.97. The lowest BCUT2D eigenvalue weighted by Gasteiger charge is -2.09. The second-order valence-electron chi connectivity index (χ2n) is 3.10. The average molecular weight is 139 g/mol. The molecule has 0 nitrogen and oxygen atoms in total. The van der Waals surface area contributed by atoms with Crippen LogP contribution in [0, 0.1) is 12.8 Å². The smallest absolute Gasteiger partial charge is 0.0297 e. The average Bonchev–Trinajstić information content (AvgIpc) is 1.88. The Morgan fingerprint density at radius 1 is 1.50 bits per heavy atom. The van der Waals surface area contributed by atoms with E-state index in [-0.39, 0.29) is 0 Å². The normalized spacial score (nSPS) is 13.1. The van der Waals surface area contributed by atoms with Crippen LogP contribution in [0.15, 0.2) is 12.2 Å². The van der Waals surface area contributed by atoms with Crippen molar-refractivity contribution in [3.05, 3.63) is 19.1 Å². The predicted octanol–water partition coefficient (Wildman–Crippen LogP) is 3.59. The first-order valence-electron chi connectivity index (χ1n) is 4.16. The van der Waals surface area contributed by atoms with Gasteiger partial charge in [-0.05, 0) is 25.7 Å². The molecule has 0 aromatic carbocycles. The maximum atomic E-state index is 3.93. The standard InChI is InChI=1S/C10H19/c1-5-7-10(4)8-9(3)6-2/h10H,2-3,5-8H2,1,4H3. The summed E-state index contributed by atoms with van der Waals surface area (Å²) in [5, 5.41) is 0. The van der Waals surface area contributed by atoms with Crippen molar-refractivity contribution >= 4 is 0 Å². The highest BCUT2D eigenvalue weighted by molar-refractivity contribution is 4.95. The van der Waals surface area contributed by atoms with E-state index in [1.54, 1.807) is 0 Å². The van der Waals surface area contributed by atoms with Gasteiger partial charge in [-0.25, -0.2) is 0 Å². The van der Waals surface area contributed by atoms with Crippen molar-refractivity contribution in [1.82, 2.24) is 0 Å². The molecular formula is C10H19. The fourth-order valence-corrected chi connectivity index (χ4v) is 1.19. The predicted molar refractivity (Wildman–Crippen MR) is 47.8 cm³/mol. The quantitative estimate of drug-likeness (QED) is 0.510. The van der Waals surface area contributed by atoms with E-state index in [1.165, 1.54) is 18.4 Å². The molecule has 59 valence electrons. The molecule has 0 heterocycles. The van der Waals surface area contributed by atoms with E-state index in [9.17, 15) is 0 Å². The monoisotopic (exact) mass is 139 g/mol. The van der Waals surface area contributed by atoms with Gasteiger partial charge < -0.3 is 0 Å². The molecule has 0 aliphatic rings. The minimum absolute atomic E-state index is 0.805. The molecule has 0 saturated carbocycles. The number of hydrogen-bond donors (Lipinski definition) is 0. The van der Waals surface area contributed by atoms with Crippen LogP contribution in [-0.2, 0) is 0 Å². The second-order valence-corrected chi connectivity index (χ2v) is 3.10. The zero-order chi connectivity index (χ0) is 7.98. The first-order chi connectivity index (χ1) is 4.70. The summed E-state index contributed by atoms with van der Waals surface area (Å²) >= 11 is 0. The van der Waals surface area contributed by atoms with Crippen molar-refractivity contribution in [1.29, 1.82) is 0 Å². The summed E-state index contributed by atoms with van der Waals surface area (Å²) in [6.45, 7) is 12.2. The van der Waals surface area contributed by atoms with Gasteiger partial charge in [-0.1, -0.05) is 38.8 Å². The molecule has 1 atom stereocenters. The summed E-state index contributed by atoms with van der Waals surface area (Å²) in [4.78, 5) is 0. The molecule has 0 aliphatic heterocycles. The molecular weight excluding hydrogens is 120 g/mol. The summed E-state index contributed by atoms with van der Waals surface area (Å²) in [5.41, 5.74) is 1.29. The maximum Gasteiger partial charge on any atom is -0.0297 e. The van der Waals surface area contributed by atoms with Gasteiger partial charge in [0.05, 0.1) is 0 Å². The minimum atomic E-state index is 0.805. The van der Waals surface area contributed by atoms with E-state index >= 15 is 0 Å². The van der Waals surface area contributed by atoms with E-state index in [4.69, 9.17) is 0 Å². The molecule has 1 unspecified atom stereocenters. The second kappa shape index (κ2) is 5.52. The Kier molecular flexibility index (Phi) is 5.38. The van der Waals surface area contributed by atoms with Gasteiger partial charge >= 0.3 is 0 Å². The van der Waals surface area contributed by atoms with Crippen LogP contribution in [0.25, 0.3) is 0 Å². The van der Waals surface area contributed by atoms with E-state index in [0.717, 1.165) is 18.8 Å². The van der Waals surface area contributed by atoms with Crippen LogP contribution in [0.5, 0.6) is 0 Å². The van der Waals surface area contributed by atoms with Gasteiger partial charge in [0.2, 0.25) is 0 Å². The Morgan fingerprint density at radius 2 is 2.10 bits per heavy atom. The molecule has 0 fully saturated rings. The molecule has 0 N–H and O–H groups in total. The Hall–Kier alpha value is -0.260. The number of rotatable bonds is 5. The molecule has 0 saturated heterocycles. The van der Waals surface area contributed by atoms with E-state index in [0.29, 0.717) is 0 Å². The highest BCUT2D eigenvalue weighted by atomic mass is 14.1. The van der Waals surface area contributed by atoms with Crippen LogP contribution >= 0.6 is 0 Å². The molecule has 0 aromatic rings. The van der Waals surface area contributed by atoms with Crippen LogP contribution in [0.3, 0.4) is 0 Å². The molecule has 0 spiro atoms. The van der Waals surface area contributed by atoms with Crippen molar-refractivity contribution in [2.75, 3.05) is 0 Å². The summed E-state index contributed by atoms with van der Waals surface area (Å²) in [5.74, 6) is 0.805. The largest absolute Gasteiger partial charge is 0.0999 e. The molecule has 0 aromatic heterocycles. The number of hydrogen-bond acceptors (Lipinski definition) is 0. The van der Waals surface area contributed by atoms with Crippen molar-refractivity contribution in [3.63, 3.8) is 0 Å². The lowest BCUT2D eigenvalue weighted by molar-refractivity contribution is 0.517. The van der Waals surface area contributed by atoms with Gasteiger partial charge in [-0.2, -0.15) is 0 Å². The Morgan fingerprint density at radius 3 is 2.50 bits per heavy atom. The summed E-state index contributed by atoms with van der Waals surface area (Å²) in [6.07, 6.45) is 4.66. The topological polar surface area (TPSA) is 0 Å². The van der Waals surface area contributed by atoms with Gasteiger partial charge in [0, 0.05) is 0 Å². The van der Waals surface area contributed by atoms with Gasteiger partial charge in [0.15, 0.2) is 0 Å². The van der Waals surface area contributed by atoms with Gasteiger partial charge in [0.1, 0.15) is 0 Å². The molecule has 1 radical (unpaired) electrons. The van der Waals surface area contributed by atoms with Gasteiger partial charge in [-0.15, -0.1) is 0 Å². The third kappa shape index (κ3) is 4.60. The molecule has 0 bridgehead atoms. The number of allylic oxidation sites excluding steroid dienone is 1. The highest BCUT2D eigenvalue weighted by Gasteiger charge is 2.00. The van der Waals surface area contributed by atoms with E-state index in [1.807, 2.05) is 0 Å². The summed E-state index contributed by atoms with van der Waals surface area (Å²) < 4.78 is 0. The first-order valence-corrected chi connectivity index (χ1v) is 4.16. The Bertz CT molecular complexity index is 92.2. The molecule has 10 heavy (non-hydrogen) atoms. The zero-order valence-corrected chi connectivity index (χ0v) is 7.32. The van der Waals surface area contributed by atoms with E-state index < -0.39 is 0 Å². The molecule has 0 amide bonds. The van der Waals surface area contributed by atoms with Crippen molar-refractivity contribution in [2.24, 2.45) is 5.92 Å². The zero-order valence-electron chi connectivity index (χ0n) is 7.32. The van der Waals surface area contributed by atoms with Crippen LogP contribution in [-0.4, -0.2) is 0 Å². The SMILES string of the molecule is [CH2]CC(=C)CC(C)CCC. The Balaban J connectivity index is 3.37. The Labute approximate surface area is 65.3 Å². The van der Waals surface area contributed by atoms with Gasteiger partial charge in [-0.3, -0.25) is 0 Å². The van der Waals surface area contributed by atoms with Gasteiger partial charge in [0.25, 0.3) is 0 Å². The lowest BCUT2D eigenvalue weighted by Crippen LogP contribution is -1.94. The molecule has 0 aliphatic carbocycles. The fourth-order valence-electron chi connectivity index (χ4n) is 1.19. The van der Waals surface area contributed by atoms with Crippen LogP contribution < -0.4 is 0 Å². The molecule has 0 rings (SSSR count). The maximum absolute atomic E-state index is 3.93. The van der Waals surface area contributed by atoms with Crippen molar-refractivity contribution < 1.29 is 0 Å². The minimum Gasteiger partial charge on any atom is -0.0999 e. The third-order valence-electron chi connectivity index (χ3n) is 1.77. The van der Waals surface area contributed by atoms with Crippen molar-refractivity contribution in [2.45, 2.75) is 39.5 Å². The van der Waals surface area contributed by atoms with Crippen LogP contribution in [0.2, 0.25) is 0 Å². The first kappa shape index (κ1) is 9.74. The van der Waals surface area contributed by atoms with E-state index in [2.05, 4.69) is 27.4 Å². The fraction of sp³-hybridized carbons (Fsp3) is 0.700. The molecule has 0 heteroatoms. The van der Waals surface area contributed by atoms with Crippen LogP contribution in [0.4, 0.5) is 0 Å². The highest BCUT2D eigenvalue weighted by Crippen LogP contribution is 2.16.